The zero-order chi connectivity index (χ0) is 10.7. The van der Waals surface area contributed by atoms with Gasteiger partial charge in [-0.1, -0.05) is 18.5 Å². The highest BCUT2D eigenvalue weighted by Crippen LogP contribution is 2.22. The minimum Gasteiger partial charge on any atom is -0.362 e. The summed E-state index contributed by atoms with van der Waals surface area (Å²) in [7, 11) is 0. The number of nitrogens with zero attached hydrogens (tertiary/aromatic N) is 1. The zero-order valence-electron chi connectivity index (χ0n) is 8.24. The van der Waals surface area contributed by atoms with Crippen LogP contribution in [0.3, 0.4) is 0 Å². The van der Waals surface area contributed by atoms with Gasteiger partial charge in [-0.05, 0) is 30.7 Å². The second-order valence-electron chi connectivity index (χ2n) is 3.21. The standard InChI is InChI=1S/C11H12ClN2O/c1-2-3-11-8-13-14(15-11)10-6-4-9(12)5-7-10/h4-8,13H,1-3H2. The molecule has 1 aliphatic rings. The summed E-state index contributed by atoms with van der Waals surface area (Å²) in [6, 6.07) is 7.41. The molecule has 15 heavy (non-hydrogen) atoms. The molecule has 0 bridgehead atoms. The predicted octanol–water partition coefficient (Wildman–Crippen LogP) is 3.05. The van der Waals surface area contributed by atoms with Gasteiger partial charge in [-0.3, -0.25) is 5.43 Å². The van der Waals surface area contributed by atoms with Gasteiger partial charge in [0.15, 0.2) is 5.76 Å². The van der Waals surface area contributed by atoms with Gasteiger partial charge in [-0.25, -0.2) is 0 Å². The predicted molar refractivity (Wildman–Crippen MR) is 60.8 cm³/mol. The fraction of sp³-hybridized carbons (Fsp3) is 0.182. The summed E-state index contributed by atoms with van der Waals surface area (Å²) >= 11 is 5.80. The van der Waals surface area contributed by atoms with E-state index in [1.807, 2.05) is 30.5 Å². The lowest BCUT2D eigenvalue weighted by Gasteiger charge is -2.17. The maximum Gasteiger partial charge on any atom is 0.152 e. The first-order valence-corrected chi connectivity index (χ1v) is 5.15. The third kappa shape index (κ3) is 2.36. The van der Waals surface area contributed by atoms with Crippen LogP contribution in [0.25, 0.3) is 0 Å². The number of anilines is 1. The lowest BCUT2D eigenvalue weighted by atomic mass is 10.3. The fourth-order valence-electron chi connectivity index (χ4n) is 1.30. The highest BCUT2D eigenvalue weighted by atomic mass is 35.5. The summed E-state index contributed by atoms with van der Waals surface area (Å²) in [5.41, 5.74) is 3.92. The summed E-state index contributed by atoms with van der Waals surface area (Å²) in [6.45, 7) is 3.77. The zero-order valence-corrected chi connectivity index (χ0v) is 9.00. The first-order chi connectivity index (χ1) is 7.29. The van der Waals surface area contributed by atoms with Crippen LogP contribution in [0, 0.1) is 6.92 Å². The molecule has 1 heterocycles. The van der Waals surface area contributed by atoms with Gasteiger partial charge >= 0.3 is 0 Å². The van der Waals surface area contributed by atoms with Crippen LogP contribution in [0.5, 0.6) is 0 Å². The first kappa shape index (κ1) is 10.2. The van der Waals surface area contributed by atoms with Crippen molar-refractivity contribution in [2.45, 2.75) is 12.8 Å². The molecule has 1 N–H and O–H groups in total. The number of halogens is 1. The molecule has 0 unspecified atom stereocenters. The number of rotatable bonds is 3. The molecular formula is C11H12ClN2O. The second-order valence-corrected chi connectivity index (χ2v) is 3.64. The van der Waals surface area contributed by atoms with Crippen molar-refractivity contribution in [3.05, 3.63) is 48.2 Å². The van der Waals surface area contributed by atoms with E-state index in [-0.39, 0.29) is 0 Å². The lowest BCUT2D eigenvalue weighted by Crippen LogP contribution is -2.28. The Hall–Kier alpha value is -1.35. The van der Waals surface area contributed by atoms with E-state index in [1.165, 1.54) is 0 Å². The van der Waals surface area contributed by atoms with Gasteiger partial charge in [0, 0.05) is 11.4 Å². The van der Waals surface area contributed by atoms with E-state index in [1.54, 1.807) is 5.17 Å². The van der Waals surface area contributed by atoms with E-state index in [0.717, 1.165) is 24.3 Å². The molecule has 3 nitrogen and oxygen atoms in total. The van der Waals surface area contributed by atoms with Gasteiger partial charge in [-0.2, -0.15) is 0 Å². The van der Waals surface area contributed by atoms with Crippen molar-refractivity contribution >= 4 is 17.3 Å². The van der Waals surface area contributed by atoms with Gasteiger partial charge in [0.1, 0.15) is 0 Å². The highest BCUT2D eigenvalue weighted by molar-refractivity contribution is 6.30. The minimum atomic E-state index is 0.712. The van der Waals surface area contributed by atoms with Gasteiger partial charge in [-0.15, -0.1) is 5.17 Å². The topological polar surface area (TPSA) is 24.5 Å². The van der Waals surface area contributed by atoms with Crippen LogP contribution in [0.1, 0.15) is 12.8 Å². The number of hydrogen-bond donors (Lipinski definition) is 1. The van der Waals surface area contributed by atoms with Crippen LogP contribution >= 0.6 is 11.6 Å². The molecule has 0 fully saturated rings. The van der Waals surface area contributed by atoms with E-state index in [4.69, 9.17) is 16.4 Å². The number of hydrazine groups is 1. The van der Waals surface area contributed by atoms with Crippen LogP contribution < -0.4 is 10.6 Å². The van der Waals surface area contributed by atoms with E-state index >= 15 is 0 Å². The molecule has 0 spiro atoms. The van der Waals surface area contributed by atoms with Gasteiger partial charge in [0.05, 0.1) is 11.9 Å². The Balaban J connectivity index is 2.01. The van der Waals surface area contributed by atoms with Crippen LogP contribution in [0.2, 0.25) is 5.02 Å². The maximum absolute atomic E-state index is 5.80. The van der Waals surface area contributed by atoms with Gasteiger partial charge in [0.2, 0.25) is 0 Å². The van der Waals surface area contributed by atoms with Crippen LogP contribution in [0.15, 0.2) is 36.2 Å². The van der Waals surface area contributed by atoms with Crippen LogP contribution in [-0.4, -0.2) is 0 Å². The Labute approximate surface area is 94.2 Å². The third-order valence-electron chi connectivity index (χ3n) is 2.04. The summed E-state index contributed by atoms with van der Waals surface area (Å²) < 4.78 is 0. The van der Waals surface area contributed by atoms with E-state index in [9.17, 15) is 0 Å². The Morgan fingerprint density at radius 2 is 2.07 bits per heavy atom. The van der Waals surface area contributed by atoms with Crippen LogP contribution in [0.4, 0.5) is 5.69 Å². The molecule has 0 atom stereocenters. The molecule has 4 heteroatoms. The second kappa shape index (κ2) is 4.45. The molecule has 0 saturated heterocycles. The first-order valence-electron chi connectivity index (χ1n) is 4.78. The maximum atomic E-state index is 5.80. The van der Waals surface area contributed by atoms with E-state index in [0.29, 0.717) is 5.02 Å². The summed E-state index contributed by atoms with van der Waals surface area (Å²) in [5.74, 6) is 0.889. The average Bonchev–Trinajstić information content (AvgIpc) is 2.68. The van der Waals surface area contributed by atoms with Crippen molar-refractivity contribution in [1.29, 1.82) is 0 Å². The summed E-state index contributed by atoms with van der Waals surface area (Å²) in [5, 5.41) is 2.31. The summed E-state index contributed by atoms with van der Waals surface area (Å²) in [4.78, 5) is 5.53. The monoisotopic (exact) mass is 223 g/mol. The Kier molecular flexibility index (Phi) is 3.02. The van der Waals surface area contributed by atoms with Crippen molar-refractivity contribution in [3.8, 4) is 0 Å². The normalized spacial score (nSPS) is 14.5. The molecule has 1 radical (unpaired) electrons. The van der Waals surface area contributed by atoms with Crippen molar-refractivity contribution in [2.75, 3.05) is 5.17 Å². The fourth-order valence-corrected chi connectivity index (χ4v) is 1.42. The van der Waals surface area contributed by atoms with Crippen molar-refractivity contribution in [1.82, 2.24) is 5.43 Å². The number of nitrogens with one attached hydrogen (secondary N) is 1. The molecule has 79 valence electrons. The van der Waals surface area contributed by atoms with Crippen molar-refractivity contribution in [3.63, 3.8) is 0 Å². The van der Waals surface area contributed by atoms with E-state index in [2.05, 4.69) is 12.3 Å². The SMILES string of the molecule is [CH2]CCC1=CNN(c2ccc(Cl)cc2)O1. The molecule has 2 rings (SSSR count). The van der Waals surface area contributed by atoms with Crippen LogP contribution in [-0.2, 0) is 4.84 Å². The molecule has 0 aromatic heterocycles. The van der Waals surface area contributed by atoms with Gasteiger partial charge in [0.25, 0.3) is 0 Å². The molecule has 0 aliphatic carbocycles. The van der Waals surface area contributed by atoms with Crippen molar-refractivity contribution < 1.29 is 4.84 Å². The Bertz CT molecular complexity index is 361. The highest BCUT2D eigenvalue weighted by Gasteiger charge is 2.14. The number of hydrogen-bond acceptors (Lipinski definition) is 3. The molecule has 1 aliphatic heterocycles. The van der Waals surface area contributed by atoms with E-state index < -0.39 is 0 Å². The summed E-state index contributed by atoms with van der Waals surface area (Å²) in [6.07, 6.45) is 3.48. The molecule has 1 aromatic rings. The minimum absolute atomic E-state index is 0.712. The average molecular weight is 224 g/mol. The Morgan fingerprint density at radius 3 is 2.73 bits per heavy atom. The Morgan fingerprint density at radius 1 is 1.33 bits per heavy atom. The molecular weight excluding hydrogens is 212 g/mol. The lowest BCUT2D eigenvalue weighted by molar-refractivity contribution is 0.183. The van der Waals surface area contributed by atoms with Gasteiger partial charge < -0.3 is 4.84 Å². The third-order valence-corrected chi connectivity index (χ3v) is 2.29. The number of benzene rings is 1. The largest absolute Gasteiger partial charge is 0.362 e. The molecule has 0 amide bonds. The molecule has 1 aromatic carbocycles. The molecule has 0 saturated carbocycles. The number of allylic oxidation sites excluding steroid dienone is 1. The smallest absolute Gasteiger partial charge is 0.152 e. The quantitative estimate of drug-likeness (QED) is 0.853. The van der Waals surface area contributed by atoms with Crippen molar-refractivity contribution in [2.24, 2.45) is 0 Å².